The Hall–Kier alpha value is -0.380. The first-order valence-electron chi connectivity index (χ1n) is 2.92. The quantitative estimate of drug-likeness (QED) is 0.524. The van der Waals surface area contributed by atoms with Gasteiger partial charge in [0.2, 0.25) is 0 Å². The number of rotatable bonds is 3. The third kappa shape index (κ3) is 25.5. The molecule has 60 valence electrons. The van der Waals surface area contributed by atoms with Crippen LogP contribution in [0.5, 0.6) is 0 Å². The summed E-state index contributed by atoms with van der Waals surface area (Å²) in [5.74, 6) is 0. The summed E-state index contributed by atoms with van der Waals surface area (Å²) >= 11 is 2.73. The van der Waals surface area contributed by atoms with Crippen molar-refractivity contribution in [1.29, 1.82) is 0 Å². The highest BCUT2D eigenvalue weighted by Crippen LogP contribution is 1.85. The van der Waals surface area contributed by atoms with Gasteiger partial charge in [-0.15, -0.1) is 0 Å². The molecule has 0 radical (unpaired) electrons. The lowest BCUT2D eigenvalue weighted by molar-refractivity contribution is -0.128. The molecule has 0 aromatic rings. The Kier molecular flexibility index (Phi) is 14.1. The van der Waals surface area contributed by atoms with Crippen LogP contribution in [0, 0.1) is 0 Å². The average molecular weight is 211 g/mol. The number of halogens is 1. The second-order valence-corrected chi connectivity index (χ2v) is 2.14. The van der Waals surface area contributed by atoms with Gasteiger partial charge in [0.1, 0.15) is 0 Å². The first-order chi connectivity index (χ1) is 4.68. The van der Waals surface area contributed by atoms with Gasteiger partial charge in [0.05, 0.1) is 6.61 Å². The molecule has 0 spiro atoms. The summed E-state index contributed by atoms with van der Waals surface area (Å²) < 4.78 is 4.22. The fourth-order valence-electron chi connectivity index (χ4n) is 0.0680. The van der Waals surface area contributed by atoms with E-state index in [0.717, 1.165) is 0 Å². The number of hydrogen-bond donors (Lipinski definition) is 0. The molecule has 3 nitrogen and oxygen atoms in total. The van der Waals surface area contributed by atoms with Gasteiger partial charge in [-0.1, -0.05) is 6.92 Å². The van der Waals surface area contributed by atoms with E-state index >= 15 is 0 Å². The molecule has 0 aliphatic rings. The van der Waals surface area contributed by atoms with E-state index in [1.807, 2.05) is 0 Å². The van der Waals surface area contributed by atoms with Crippen molar-refractivity contribution in [1.82, 2.24) is 0 Å². The van der Waals surface area contributed by atoms with E-state index in [-0.39, 0.29) is 4.69 Å². The van der Waals surface area contributed by atoms with Crippen molar-refractivity contribution in [3.05, 3.63) is 0 Å². The molecule has 0 atom stereocenters. The minimum atomic E-state index is 0.0671. The van der Waals surface area contributed by atoms with E-state index < -0.39 is 0 Å². The molecule has 0 bridgehead atoms. The highest BCUT2D eigenvalue weighted by atomic mass is 79.9. The summed E-state index contributed by atoms with van der Waals surface area (Å²) in [6.45, 7) is 4.47. The third-order valence-corrected chi connectivity index (χ3v) is 1.07. The molecule has 0 heterocycles. The Morgan fingerprint density at radius 3 is 2.00 bits per heavy atom. The molecule has 0 aromatic heterocycles. The van der Waals surface area contributed by atoms with Gasteiger partial charge in [-0.05, 0) is 22.9 Å². The molecule has 0 aliphatic carbocycles. The predicted octanol–water partition coefficient (Wildman–Crippen LogP) is 1.50. The van der Waals surface area contributed by atoms with Gasteiger partial charge in [0.25, 0.3) is 6.47 Å². The van der Waals surface area contributed by atoms with Crippen molar-refractivity contribution in [2.75, 3.05) is 6.61 Å². The van der Waals surface area contributed by atoms with Crippen LogP contribution in [-0.4, -0.2) is 17.8 Å². The first kappa shape index (κ1) is 12.3. The van der Waals surface area contributed by atoms with Crippen molar-refractivity contribution in [3.8, 4) is 0 Å². The summed E-state index contributed by atoms with van der Waals surface area (Å²) in [6, 6.07) is 0. The highest BCUT2D eigenvalue weighted by molar-refractivity contribution is 9.18. The Labute approximate surface area is 68.9 Å². The third-order valence-electron chi connectivity index (χ3n) is 0.513. The zero-order valence-corrected chi connectivity index (χ0v) is 7.68. The second kappa shape index (κ2) is 11.4. The van der Waals surface area contributed by atoms with Crippen molar-refractivity contribution in [2.24, 2.45) is 0 Å². The summed E-state index contributed by atoms with van der Waals surface area (Å²) in [6.07, 6.45) is 0.583. The molecule has 0 unspecified atom stereocenters. The van der Waals surface area contributed by atoms with Crippen LogP contribution in [0.15, 0.2) is 0 Å². The fourth-order valence-corrected chi connectivity index (χ4v) is 0.0680. The molecule has 0 saturated heterocycles. The normalized spacial score (nSPS) is 7.10. The highest BCUT2D eigenvalue weighted by Gasteiger charge is 1.80. The van der Waals surface area contributed by atoms with Crippen LogP contribution < -0.4 is 0 Å². The van der Waals surface area contributed by atoms with Gasteiger partial charge in [0.15, 0.2) is 4.69 Å². The molecule has 0 aliphatic heterocycles. The molecular formula is C6H11BrO3. The molecule has 10 heavy (non-hydrogen) atoms. The second-order valence-electron chi connectivity index (χ2n) is 1.26. The van der Waals surface area contributed by atoms with E-state index in [4.69, 9.17) is 0 Å². The molecule has 0 N–H and O–H groups in total. The minimum absolute atomic E-state index is 0.0671. The van der Waals surface area contributed by atoms with Crippen LogP contribution in [0.3, 0.4) is 0 Å². The molecule has 0 fully saturated rings. The lowest BCUT2D eigenvalue weighted by Crippen LogP contribution is -1.80. The molecule has 0 amide bonds. The van der Waals surface area contributed by atoms with Gasteiger partial charge in [-0.3, -0.25) is 9.59 Å². The Bertz CT molecular complexity index is 93.0. The molecular weight excluding hydrogens is 200 g/mol. The van der Waals surface area contributed by atoms with Crippen molar-refractivity contribution in [3.63, 3.8) is 0 Å². The summed E-state index contributed by atoms with van der Waals surface area (Å²) in [4.78, 5) is 18.9. The maximum atomic E-state index is 9.73. The number of carbonyl (C=O) groups is 2. The van der Waals surface area contributed by atoms with Gasteiger partial charge in [0, 0.05) is 6.42 Å². The molecule has 0 aromatic carbocycles. The molecule has 4 heteroatoms. The average Bonchev–Trinajstić information content (AvgIpc) is 1.91. The lowest BCUT2D eigenvalue weighted by atomic mass is 10.6. The van der Waals surface area contributed by atoms with Crippen LogP contribution in [-0.2, 0) is 14.3 Å². The molecule has 0 saturated carbocycles. The van der Waals surface area contributed by atoms with Crippen LogP contribution in [0.4, 0.5) is 0 Å². The smallest absolute Gasteiger partial charge is 0.293 e. The van der Waals surface area contributed by atoms with Crippen molar-refractivity contribution in [2.45, 2.75) is 20.3 Å². The largest absolute Gasteiger partial charge is 0.468 e. The Morgan fingerprint density at radius 1 is 1.60 bits per heavy atom. The first-order valence-corrected chi connectivity index (χ1v) is 3.71. The van der Waals surface area contributed by atoms with Gasteiger partial charge >= 0.3 is 0 Å². The van der Waals surface area contributed by atoms with Gasteiger partial charge in [-0.2, -0.15) is 0 Å². The van der Waals surface area contributed by atoms with E-state index in [0.29, 0.717) is 19.5 Å². The summed E-state index contributed by atoms with van der Waals surface area (Å²) in [5.41, 5.74) is 0. The summed E-state index contributed by atoms with van der Waals surface area (Å²) in [7, 11) is 0. The topological polar surface area (TPSA) is 43.4 Å². The molecule has 0 rings (SSSR count). The fraction of sp³-hybridized carbons (Fsp3) is 0.667. The number of ether oxygens (including phenoxy) is 1. The van der Waals surface area contributed by atoms with Crippen molar-refractivity contribution >= 4 is 27.1 Å². The number of carbonyl (C=O) groups excluding carboxylic acids is 2. The zero-order valence-electron chi connectivity index (χ0n) is 6.09. The van der Waals surface area contributed by atoms with Crippen LogP contribution >= 0.6 is 15.9 Å². The minimum Gasteiger partial charge on any atom is -0.468 e. The zero-order chi connectivity index (χ0) is 8.41. The maximum absolute atomic E-state index is 9.73. The number of hydrogen-bond acceptors (Lipinski definition) is 3. The predicted molar refractivity (Wildman–Crippen MR) is 41.9 cm³/mol. The van der Waals surface area contributed by atoms with Crippen molar-refractivity contribution < 1.29 is 14.3 Å². The Morgan fingerprint density at radius 2 is 2.00 bits per heavy atom. The standard InChI is InChI=1S/C3H5BrO.C3H6O2/c1-2-3(4)5;1-2-5-3-4/h2H2,1H3;3H,2H2,1H3. The van der Waals surface area contributed by atoms with E-state index in [1.54, 1.807) is 13.8 Å². The lowest BCUT2D eigenvalue weighted by Gasteiger charge is -1.79. The summed E-state index contributed by atoms with van der Waals surface area (Å²) in [5, 5.41) is 0. The maximum Gasteiger partial charge on any atom is 0.293 e. The Balaban J connectivity index is 0. The van der Waals surface area contributed by atoms with Crippen LogP contribution in [0.25, 0.3) is 0 Å². The van der Waals surface area contributed by atoms with E-state index in [9.17, 15) is 9.59 Å². The van der Waals surface area contributed by atoms with Gasteiger partial charge in [-0.25, -0.2) is 0 Å². The van der Waals surface area contributed by atoms with Crippen LogP contribution in [0.2, 0.25) is 0 Å². The van der Waals surface area contributed by atoms with E-state index in [1.165, 1.54) is 0 Å². The monoisotopic (exact) mass is 210 g/mol. The SMILES string of the molecule is CCC(=O)Br.CCOC=O. The van der Waals surface area contributed by atoms with Crippen LogP contribution in [0.1, 0.15) is 20.3 Å². The van der Waals surface area contributed by atoms with Gasteiger partial charge < -0.3 is 4.74 Å². The van der Waals surface area contributed by atoms with E-state index in [2.05, 4.69) is 20.7 Å².